The fourth-order valence-electron chi connectivity index (χ4n) is 7.89. The quantitative estimate of drug-likeness (QED) is 0.415. The van der Waals surface area contributed by atoms with E-state index >= 15 is 0 Å². The van der Waals surface area contributed by atoms with Gasteiger partial charge in [-0.25, -0.2) is 9.59 Å². The van der Waals surface area contributed by atoms with Crippen molar-refractivity contribution in [2.75, 3.05) is 71.3 Å². The molecule has 2 aromatic carbocycles. The molecule has 0 bridgehead atoms. The maximum absolute atomic E-state index is 14.1. The van der Waals surface area contributed by atoms with E-state index in [-0.39, 0.29) is 18.0 Å². The van der Waals surface area contributed by atoms with Crippen molar-refractivity contribution >= 4 is 34.6 Å². The zero-order valence-electron chi connectivity index (χ0n) is 28.0. The summed E-state index contributed by atoms with van der Waals surface area (Å²) >= 11 is 0. The number of aromatic amines is 1. The first-order valence-electron chi connectivity index (χ1n) is 17.7. The molecule has 5 heterocycles. The van der Waals surface area contributed by atoms with Gasteiger partial charge >= 0.3 is 12.1 Å². The van der Waals surface area contributed by atoms with Gasteiger partial charge in [0.1, 0.15) is 0 Å². The third kappa shape index (κ3) is 7.29. The summed E-state index contributed by atoms with van der Waals surface area (Å²) in [7, 11) is 2.19. The number of carbonyl (C=O) groups is 3. The minimum atomic E-state index is -0.919. The predicted octanol–water partition coefficient (Wildman–Crippen LogP) is 3.79. The monoisotopic (exact) mass is 656 g/mol. The average molecular weight is 657 g/mol. The van der Waals surface area contributed by atoms with E-state index in [0.29, 0.717) is 58.0 Å². The molecule has 1 atom stereocenters. The maximum atomic E-state index is 14.1. The zero-order valence-corrected chi connectivity index (χ0v) is 28.0. The number of ether oxygens (including phenoxy) is 1. The van der Waals surface area contributed by atoms with Crippen LogP contribution in [0.4, 0.5) is 15.3 Å². The largest absolute Gasteiger partial charge is 0.436 e. The number of fused-ring (bicyclic) bond motifs is 2. The Labute approximate surface area is 282 Å². The number of rotatable bonds is 6. The van der Waals surface area contributed by atoms with Crippen LogP contribution in [-0.4, -0.2) is 137 Å². The maximum Gasteiger partial charge on any atom is 0.410 e. The van der Waals surface area contributed by atoms with E-state index in [2.05, 4.69) is 38.4 Å². The summed E-state index contributed by atoms with van der Waals surface area (Å²) in [5.41, 5.74) is 3.85. The minimum absolute atomic E-state index is 0.0355. The normalized spacial score (nSPS) is 21.4. The highest BCUT2D eigenvalue weighted by molar-refractivity contribution is 5.91. The molecule has 1 aromatic heterocycles. The van der Waals surface area contributed by atoms with Gasteiger partial charge in [-0.1, -0.05) is 24.3 Å². The summed E-state index contributed by atoms with van der Waals surface area (Å²) in [6, 6.07) is 14.3. The van der Waals surface area contributed by atoms with Gasteiger partial charge in [0, 0.05) is 75.4 Å². The molecule has 4 aliphatic rings. The number of hydrogen-bond acceptors (Lipinski definition) is 7. The molecule has 7 rings (SSSR count). The van der Waals surface area contributed by atoms with Gasteiger partial charge in [0.2, 0.25) is 0 Å². The first-order chi connectivity index (χ1) is 23.4. The van der Waals surface area contributed by atoms with Crippen LogP contribution in [0.1, 0.15) is 43.2 Å². The van der Waals surface area contributed by atoms with E-state index in [4.69, 9.17) is 4.74 Å². The molecule has 48 heavy (non-hydrogen) atoms. The third-order valence-electron chi connectivity index (χ3n) is 10.8. The van der Waals surface area contributed by atoms with Gasteiger partial charge in [0.05, 0.1) is 11.7 Å². The number of anilines is 1. The lowest BCUT2D eigenvalue weighted by Crippen LogP contribution is -2.52. The highest BCUT2D eigenvalue weighted by Crippen LogP contribution is 2.26. The van der Waals surface area contributed by atoms with Crippen molar-refractivity contribution in [3.8, 4) is 0 Å². The Hall–Kier alpha value is -4.16. The van der Waals surface area contributed by atoms with Crippen molar-refractivity contribution in [1.29, 1.82) is 0 Å². The lowest BCUT2D eigenvalue weighted by atomic mass is 10.0. The smallest absolute Gasteiger partial charge is 0.410 e. The summed E-state index contributed by atoms with van der Waals surface area (Å²) in [5.74, 6) is -0.125. The number of benzene rings is 2. The third-order valence-corrected chi connectivity index (χ3v) is 10.8. The van der Waals surface area contributed by atoms with Crippen molar-refractivity contribution < 1.29 is 19.1 Å². The van der Waals surface area contributed by atoms with Crippen molar-refractivity contribution in [3.05, 3.63) is 59.8 Å². The summed E-state index contributed by atoms with van der Waals surface area (Å²) in [6.07, 6.45) is 5.83. The van der Waals surface area contributed by atoms with Gasteiger partial charge in [0.25, 0.3) is 5.91 Å². The second-order valence-electron chi connectivity index (χ2n) is 13.9. The fraction of sp³-hybridized carbons (Fsp3) is 0.556. The summed E-state index contributed by atoms with van der Waals surface area (Å²) in [5, 5.41) is 11.1. The Morgan fingerprint density at radius 3 is 2.50 bits per heavy atom. The molecule has 4 amide bonds. The number of urea groups is 1. The molecule has 3 aromatic rings. The number of likely N-dealkylation sites (N-methyl/N-ethyl adjacent to an activating group) is 1. The Morgan fingerprint density at radius 2 is 1.67 bits per heavy atom. The van der Waals surface area contributed by atoms with Gasteiger partial charge in [-0.3, -0.25) is 14.8 Å². The molecule has 0 radical (unpaired) electrons. The van der Waals surface area contributed by atoms with Gasteiger partial charge < -0.3 is 29.7 Å². The molecule has 0 unspecified atom stereocenters. The van der Waals surface area contributed by atoms with Crippen molar-refractivity contribution in [1.82, 2.24) is 34.7 Å². The van der Waals surface area contributed by atoms with E-state index in [1.807, 2.05) is 46.2 Å². The molecular weight excluding hydrogens is 608 g/mol. The second kappa shape index (κ2) is 14.5. The lowest BCUT2D eigenvalue weighted by molar-refractivity contribution is -0.142. The number of carbonyl (C=O) groups excluding carboxylic acids is 3. The van der Waals surface area contributed by atoms with Crippen LogP contribution in [0.5, 0.6) is 0 Å². The fourth-order valence-corrected chi connectivity index (χ4v) is 7.89. The number of likely N-dealkylation sites (tertiary alicyclic amines) is 2. The van der Waals surface area contributed by atoms with E-state index in [1.165, 1.54) is 6.42 Å². The summed E-state index contributed by atoms with van der Waals surface area (Å²) in [6.45, 7) is 7.29. The molecule has 0 aliphatic carbocycles. The first-order valence-corrected chi connectivity index (χ1v) is 17.7. The van der Waals surface area contributed by atoms with Crippen LogP contribution in [0.3, 0.4) is 0 Å². The van der Waals surface area contributed by atoms with Crippen molar-refractivity contribution in [2.24, 2.45) is 0 Å². The Kier molecular flexibility index (Phi) is 9.81. The minimum Gasteiger partial charge on any atom is -0.436 e. The average Bonchev–Trinajstić information content (AvgIpc) is 3.37. The molecule has 256 valence electrons. The number of H-pyrrole nitrogens is 1. The van der Waals surface area contributed by atoms with Crippen LogP contribution in [0.15, 0.2) is 48.7 Å². The van der Waals surface area contributed by atoms with Crippen LogP contribution in [0.2, 0.25) is 0 Å². The van der Waals surface area contributed by atoms with Crippen LogP contribution in [0, 0.1) is 0 Å². The van der Waals surface area contributed by atoms with Crippen molar-refractivity contribution in [3.63, 3.8) is 0 Å². The number of aromatic nitrogens is 2. The number of hydrogen-bond donors (Lipinski definition) is 2. The highest BCUT2D eigenvalue weighted by atomic mass is 16.6. The van der Waals surface area contributed by atoms with E-state index < -0.39 is 12.2 Å². The molecule has 12 heteroatoms. The van der Waals surface area contributed by atoms with Gasteiger partial charge in [0.15, 0.2) is 6.10 Å². The molecular formula is C36H48N8O4. The molecule has 2 N–H and O–H groups in total. The number of nitrogens with zero attached hydrogens (tertiary/aromatic N) is 6. The molecule has 3 fully saturated rings. The molecule has 12 nitrogen and oxygen atoms in total. The van der Waals surface area contributed by atoms with Gasteiger partial charge in [-0.05, 0) is 88.0 Å². The summed E-state index contributed by atoms with van der Waals surface area (Å²) in [4.78, 5) is 51.3. The van der Waals surface area contributed by atoms with E-state index in [0.717, 1.165) is 73.2 Å². The number of amides is 4. The van der Waals surface area contributed by atoms with Crippen LogP contribution < -0.4 is 5.32 Å². The van der Waals surface area contributed by atoms with E-state index in [9.17, 15) is 14.4 Å². The van der Waals surface area contributed by atoms with Gasteiger partial charge in [-0.15, -0.1) is 0 Å². The van der Waals surface area contributed by atoms with E-state index in [1.54, 1.807) is 11.1 Å². The molecule has 3 saturated heterocycles. The molecule has 0 spiro atoms. The zero-order chi connectivity index (χ0) is 33.0. The van der Waals surface area contributed by atoms with Crippen LogP contribution in [-0.2, 0) is 22.4 Å². The number of para-hydroxylation sites is 1. The highest BCUT2D eigenvalue weighted by Gasteiger charge is 2.36. The predicted molar refractivity (Wildman–Crippen MR) is 184 cm³/mol. The Morgan fingerprint density at radius 1 is 0.896 bits per heavy atom. The topological polar surface area (TPSA) is 117 Å². The van der Waals surface area contributed by atoms with Crippen LogP contribution >= 0.6 is 0 Å². The standard InChI is InChI=1S/C36H48N8O4/c1-40-14-4-15-41(22-21-40)29-10-16-42(17-11-29)34(45)33(24-26-7-8-32-28(23-26)25-37-39-32)48-36(47)43-18-12-30(13-19-43)44-20-9-27-5-2-3-6-31(27)38-35(44)46/h2-3,5-8,23,25,29-30,33H,4,9-22,24H2,1H3,(H,37,39)(H,38,46)/t33-/m1/s1. The van der Waals surface area contributed by atoms with Crippen LogP contribution in [0.25, 0.3) is 10.9 Å². The van der Waals surface area contributed by atoms with Gasteiger partial charge in [-0.2, -0.15) is 5.10 Å². The SMILES string of the molecule is CN1CCCN(C2CCN(C(=O)[C@@H](Cc3ccc4[nH]ncc4c3)OC(=O)N3CCC(N4CCc5ccccc5NC4=O)CC3)CC2)CC1. The Balaban J connectivity index is 0.981. The van der Waals surface area contributed by atoms with Crippen molar-refractivity contribution in [2.45, 2.75) is 63.1 Å². The second-order valence-corrected chi connectivity index (χ2v) is 13.9. The summed E-state index contributed by atoms with van der Waals surface area (Å²) < 4.78 is 6.10. The lowest BCUT2D eigenvalue weighted by Gasteiger charge is -2.40. The molecule has 4 aliphatic heterocycles. The Bertz CT molecular complexity index is 1600. The molecule has 0 saturated carbocycles. The number of piperidine rings is 2. The first kappa shape index (κ1) is 32.4. The number of nitrogens with one attached hydrogen (secondary N) is 2.